The highest BCUT2D eigenvalue weighted by molar-refractivity contribution is 7.18. The Bertz CT molecular complexity index is 535. The van der Waals surface area contributed by atoms with E-state index in [1.54, 1.807) is 12.4 Å². The highest BCUT2D eigenvalue weighted by Gasteiger charge is 2.30. The summed E-state index contributed by atoms with van der Waals surface area (Å²) >= 11 is 1.37. The Hall–Kier alpha value is -1.82. The second-order valence-electron chi connectivity index (χ2n) is 3.92. The van der Waals surface area contributed by atoms with Crippen LogP contribution in [0, 0.1) is 5.92 Å². The fraction of sp³-hybridized carbons (Fsp3) is 0.273. The van der Waals surface area contributed by atoms with Crippen LogP contribution < -0.4 is 5.32 Å². The zero-order valence-electron chi connectivity index (χ0n) is 8.96. The minimum atomic E-state index is 0.0545. The van der Waals surface area contributed by atoms with Crippen LogP contribution in [0.2, 0.25) is 0 Å². The molecule has 0 spiro atoms. The van der Waals surface area contributed by atoms with E-state index in [2.05, 4.69) is 20.5 Å². The Morgan fingerprint density at radius 2 is 2.29 bits per heavy atom. The Kier molecular flexibility index (Phi) is 2.56. The van der Waals surface area contributed by atoms with Gasteiger partial charge in [-0.05, 0) is 25.0 Å². The molecule has 0 radical (unpaired) electrons. The van der Waals surface area contributed by atoms with Gasteiger partial charge in [-0.15, -0.1) is 10.2 Å². The molecule has 1 fully saturated rings. The number of nitrogens with zero attached hydrogens (tertiary/aromatic N) is 3. The molecule has 0 bridgehead atoms. The van der Waals surface area contributed by atoms with Gasteiger partial charge in [0.2, 0.25) is 11.0 Å². The first kappa shape index (κ1) is 10.3. The molecule has 2 aromatic heterocycles. The number of nitrogens with one attached hydrogen (secondary N) is 1. The number of aromatic nitrogens is 3. The summed E-state index contributed by atoms with van der Waals surface area (Å²) in [6.45, 7) is 0. The van der Waals surface area contributed by atoms with E-state index in [4.69, 9.17) is 0 Å². The summed E-state index contributed by atoms with van der Waals surface area (Å²) in [5.41, 5.74) is 0.914. The van der Waals surface area contributed by atoms with Crippen LogP contribution in [0.3, 0.4) is 0 Å². The number of hydrogen-bond donors (Lipinski definition) is 1. The molecule has 2 aromatic rings. The maximum Gasteiger partial charge on any atom is 0.229 e. The van der Waals surface area contributed by atoms with Crippen molar-refractivity contribution in [2.24, 2.45) is 5.92 Å². The van der Waals surface area contributed by atoms with Crippen LogP contribution in [0.15, 0.2) is 24.5 Å². The molecule has 5 nitrogen and oxygen atoms in total. The molecular formula is C11H10N4OS. The van der Waals surface area contributed by atoms with Crippen molar-refractivity contribution in [1.29, 1.82) is 0 Å². The normalized spacial score (nSPS) is 14.6. The average Bonchev–Trinajstić information content (AvgIpc) is 3.12. The number of anilines is 1. The smallest absolute Gasteiger partial charge is 0.229 e. The molecule has 1 amide bonds. The zero-order chi connectivity index (χ0) is 11.7. The van der Waals surface area contributed by atoms with Gasteiger partial charge < -0.3 is 5.32 Å². The van der Waals surface area contributed by atoms with Crippen molar-refractivity contribution < 1.29 is 4.79 Å². The Morgan fingerprint density at radius 3 is 3.00 bits per heavy atom. The van der Waals surface area contributed by atoms with Gasteiger partial charge in [0.1, 0.15) is 0 Å². The molecule has 1 saturated carbocycles. The van der Waals surface area contributed by atoms with Crippen LogP contribution in [0.1, 0.15) is 12.8 Å². The molecule has 0 saturated heterocycles. The van der Waals surface area contributed by atoms with Crippen LogP contribution in [0.4, 0.5) is 5.13 Å². The van der Waals surface area contributed by atoms with Crippen molar-refractivity contribution in [2.75, 3.05) is 5.32 Å². The predicted octanol–water partition coefficient (Wildman–Crippen LogP) is 1.95. The molecule has 0 aliphatic heterocycles. The summed E-state index contributed by atoms with van der Waals surface area (Å²) in [6.07, 6.45) is 5.41. The summed E-state index contributed by atoms with van der Waals surface area (Å²) in [5.74, 6) is 0.236. The second kappa shape index (κ2) is 4.21. The number of pyridine rings is 1. The molecule has 3 rings (SSSR count). The van der Waals surface area contributed by atoms with Gasteiger partial charge in [0.15, 0.2) is 5.01 Å². The van der Waals surface area contributed by atoms with E-state index in [0.29, 0.717) is 5.13 Å². The van der Waals surface area contributed by atoms with Gasteiger partial charge in [0, 0.05) is 23.9 Å². The van der Waals surface area contributed by atoms with E-state index in [1.807, 2.05) is 12.1 Å². The molecule has 0 atom stereocenters. The third-order valence-corrected chi connectivity index (χ3v) is 3.40. The van der Waals surface area contributed by atoms with Crippen molar-refractivity contribution in [3.05, 3.63) is 24.5 Å². The van der Waals surface area contributed by atoms with Crippen molar-refractivity contribution >= 4 is 22.4 Å². The van der Waals surface area contributed by atoms with Gasteiger partial charge in [-0.3, -0.25) is 9.78 Å². The summed E-state index contributed by atoms with van der Waals surface area (Å²) in [4.78, 5) is 15.6. The van der Waals surface area contributed by atoms with Crippen molar-refractivity contribution in [2.45, 2.75) is 12.8 Å². The van der Waals surface area contributed by atoms with Crippen molar-refractivity contribution in [1.82, 2.24) is 15.2 Å². The molecule has 86 valence electrons. The van der Waals surface area contributed by atoms with Crippen LogP contribution in [-0.4, -0.2) is 21.1 Å². The molecule has 1 aliphatic carbocycles. The number of amides is 1. The number of hydrogen-bond acceptors (Lipinski definition) is 5. The average molecular weight is 246 g/mol. The van der Waals surface area contributed by atoms with Gasteiger partial charge in [0.25, 0.3) is 0 Å². The largest absolute Gasteiger partial charge is 0.300 e. The lowest BCUT2D eigenvalue weighted by molar-refractivity contribution is -0.117. The standard InChI is InChI=1S/C11H10N4OS/c16-9(7-3-4-7)13-11-15-14-10(17-11)8-2-1-5-12-6-8/h1-2,5-7H,3-4H2,(H,13,15,16). The van der Waals surface area contributed by atoms with Crippen molar-refractivity contribution in [3.63, 3.8) is 0 Å². The van der Waals surface area contributed by atoms with Crippen molar-refractivity contribution in [3.8, 4) is 10.6 Å². The van der Waals surface area contributed by atoms with Crippen LogP contribution >= 0.6 is 11.3 Å². The fourth-order valence-electron chi connectivity index (χ4n) is 1.43. The summed E-state index contributed by atoms with van der Waals surface area (Å²) in [5, 5.41) is 12.1. The van der Waals surface area contributed by atoms with E-state index < -0.39 is 0 Å². The Labute approximate surface area is 102 Å². The monoisotopic (exact) mass is 246 g/mol. The van der Waals surface area contributed by atoms with Crippen LogP contribution in [-0.2, 0) is 4.79 Å². The van der Waals surface area contributed by atoms with Gasteiger partial charge in [-0.25, -0.2) is 0 Å². The lowest BCUT2D eigenvalue weighted by Gasteiger charge is -1.96. The highest BCUT2D eigenvalue weighted by Crippen LogP contribution is 2.31. The molecule has 1 aliphatic rings. The van der Waals surface area contributed by atoms with Gasteiger partial charge in [-0.1, -0.05) is 11.3 Å². The van der Waals surface area contributed by atoms with E-state index in [1.165, 1.54) is 11.3 Å². The first-order chi connectivity index (χ1) is 8.33. The van der Waals surface area contributed by atoms with Gasteiger partial charge in [0.05, 0.1) is 0 Å². The fourth-order valence-corrected chi connectivity index (χ4v) is 2.17. The minimum Gasteiger partial charge on any atom is -0.300 e. The van der Waals surface area contributed by atoms with Gasteiger partial charge in [-0.2, -0.15) is 0 Å². The van der Waals surface area contributed by atoms with E-state index in [-0.39, 0.29) is 11.8 Å². The molecule has 0 aromatic carbocycles. The third kappa shape index (κ3) is 2.31. The van der Waals surface area contributed by atoms with Crippen LogP contribution in [0.5, 0.6) is 0 Å². The number of rotatable bonds is 3. The Morgan fingerprint density at radius 1 is 1.41 bits per heavy atom. The summed E-state index contributed by atoms with van der Waals surface area (Å²) < 4.78 is 0. The minimum absolute atomic E-state index is 0.0545. The quantitative estimate of drug-likeness (QED) is 0.898. The topological polar surface area (TPSA) is 67.8 Å². The first-order valence-electron chi connectivity index (χ1n) is 5.38. The SMILES string of the molecule is O=C(Nc1nnc(-c2cccnc2)s1)C1CC1. The van der Waals surface area contributed by atoms with Gasteiger partial charge >= 0.3 is 0 Å². The van der Waals surface area contributed by atoms with E-state index in [9.17, 15) is 4.79 Å². The molecular weight excluding hydrogens is 236 g/mol. The number of carbonyl (C=O) groups is 1. The molecule has 1 N–H and O–H groups in total. The molecule has 0 unspecified atom stereocenters. The summed E-state index contributed by atoms with van der Waals surface area (Å²) in [7, 11) is 0. The number of carbonyl (C=O) groups excluding carboxylic acids is 1. The third-order valence-electron chi connectivity index (χ3n) is 2.51. The summed E-state index contributed by atoms with van der Waals surface area (Å²) in [6, 6.07) is 3.76. The zero-order valence-corrected chi connectivity index (χ0v) is 9.78. The maximum atomic E-state index is 11.5. The van der Waals surface area contributed by atoms with E-state index in [0.717, 1.165) is 23.4 Å². The molecule has 6 heteroatoms. The Balaban J connectivity index is 1.76. The van der Waals surface area contributed by atoms with E-state index >= 15 is 0 Å². The van der Waals surface area contributed by atoms with Crippen LogP contribution in [0.25, 0.3) is 10.6 Å². The lowest BCUT2D eigenvalue weighted by atomic mass is 10.3. The molecule has 2 heterocycles. The lowest BCUT2D eigenvalue weighted by Crippen LogP contribution is -2.12. The molecule has 17 heavy (non-hydrogen) atoms. The first-order valence-corrected chi connectivity index (χ1v) is 6.19. The maximum absolute atomic E-state index is 11.5. The predicted molar refractivity (Wildman–Crippen MR) is 64.5 cm³/mol. The second-order valence-corrected chi connectivity index (χ2v) is 4.90. The highest BCUT2D eigenvalue weighted by atomic mass is 32.1.